The van der Waals surface area contributed by atoms with Gasteiger partial charge in [-0.3, -0.25) is 4.79 Å². The van der Waals surface area contributed by atoms with E-state index in [1.165, 1.54) is 0 Å². The highest BCUT2D eigenvalue weighted by molar-refractivity contribution is 5.77. The molecule has 0 spiro atoms. The van der Waals surface area contributed by atoms with Gasteiger partial charge < -0.3 is 10.1 Å². The molecule has 0 aliphatic rings. The largest absolute Gasteiger partial charge is 0.484 e. The highest BCUT2D eigenvalue weighted by atomic mass is 16.5. The van der Waals surface area contributed by atoms with Crippen molar-refractivity contribution in [2.75, 3.05) is 13.7 Å². The van der Waals surface area contributed by atoms with Gasteiger partial charge in [0.05, 0.1) is 0 Å². The second kappa shape index (κ2) is 8.10. The maximum Gasteiger partial charge on any atom is 0.257 e. The average Bonchev–Trinajstić information content (AvgIpc) is 2.30. The lowest BCUT2D eigenvalue weighted by Crippen LogP contribution is -2.24. The third kappa shape index (κ3) is 5.19. The van der Waals surface area contributed by atoms with Crippen LogP contribution in [0.3, 0.4) is 0 Å². The van der Waals surface area contributed by atoms with E-state index in [4.69, 9.17) is 4.74 Å². The summed E-state index contributed by atoms with van der Waals surface area (Å²) in [7, 11) is 1.58. The van der Waals surface area contributed by atoms with Crippen molar-refractivity contribution in [2.24, 2.45) is 0 Å². The molecule has 0 saturated carbocycles. The van der Waals surface area contributed by atoms with E-state index in [-0.39, 0.29) is 13.9 Å². The van der Waals surface area contributed by atoms with E-state index in [1.807, 2.05) is 44.2 Å². The zero-order valence-corrected chi connectivity index (χ0v) is 8.91. The summed E-state index contributed by atoms with van der Waals surface area (Å²) in [5, 5.41) is 2.47. The van der Waals surface area contributed by atoms with Crippen molar-refractivity contribution in [3.63, 3.8) is 0 Å². The minimum Gasteiger partial charge on any atom is -0.484 e. The normalized spacial score (nSPS) is 8.21. The molecule has 0 unspecified atom stereocenters. The lowest BCUT2D eigenvalue weighted by atomic mass is 10.3. The predicted octanol–water partition coefficient (Wildman–Crippen LogP) is 2.08. The summed E-state index contributed by atoms with van der Waals surface area (Å²) in [6, 6.07) is 9.23. The lowest BCUT2D eigenvalue weighted by molar-refractivity contribution is -0.122. The van der Waals surface area contributed by atoms with Crippen molar-refractivity contribution < 1.29 is 11.0 Å². The van der Waals surface area contributed by atoms with E-state index in [0.717, 1.165) is 0 Å². The number of amides is 1. The Labute approximate surface area is 86.6 Å². The van der Waals surface area contributed by atoms with Crippen molar-refractivity contribution in [2.45, 2.75) is 13.8 Å². The molecule has 0 aliphatic heterocycles. The Morgan fingerprint density at radius 3 is 2.43 bits per heavy atom. The van der Waals surface area contributed by atoms with Crippen LogP contribution in [0.1, 0.15) is 15.3 Å². The van der Waals surface area contributed by atoms with E-state index in [1.54, 1.807) is 7.05 Å². The molecule has 0 radical (unpaired) electrons. The monoisotopic (exact) mass is 197 g/mol. The van der Waals surface area contributed by atoms with Crippen LogP contribution in [-0.2, 0) is 4.79 Å². The third-order valence-corrected chi connectivity index (χ3v) is 1.39. The van der Waals surface area contributed by atoms with Crippen molar-refractivity contribution in [1.29, 1.82) is 0 Å². The molecule has 80 valence electrons. The molecule has 1 aromatic carbocycles. The number of likely N-dealkylation sites (N-methyl/N-ethyl adjacent to an activating group) is 1. The maximum atomic E-state index is 10.7. The molecule has 14 heavy (non-hydrogen) atoms. The number of carbonyl (C=O) groups excluding carboxylic acids is 1. The fourth-order valence-corrected chi connectivity index (χ4v) is 0.738. The summed E-state index contributed by atoms with van der Waals surface area (Å²) < 4.78 is 5.15. The summed E-state index contributed by atoms with van der Waals surface area (Å²) >= 11 is 0. The SMILES string of the molecule is CC.CNC(=O)COc1ccccc1.[HH]. The Bertz CT molecular complexity index is 252. The summed E-state index contributed by atoms with van der Waals surface area (Å²) in [5.41, 5.74) is 0. The highest BCUT2D eigenvalue weighted by Gasteiger charge is 1.97. The lowest BCUT2D eigenvalue weighted by Gasteiger charge is -2.03. The molecule has 0 heterocycles. The minimum absolute atomic E-state index is 0. The molecule has 0 aromatic heterocycles. The maximum absolute atomic E-state index is 10.7. The van der Waals surface area contributed by atoms with E-state index >= 15 is 0 Å². The van der Waals surface area contributed by atoms with Crippen LogP contribution in [0.25, 0.3) is 0 Å². The van der Waals surface area contributed by atoms with Gasteiger partial charge in [-0.25, -0.2) is 0 Å². The van der Waals surface area contributed by atoms with Gasteiger partial charge in [0.1, 0.15) is 5.75 Å². The second-order valence-corrected chi connectivity index (χ2v) is 2.27. The standard InChI is InChI=1S/C9H11NO2.C2H6.H2/c1-10-9(11)7-12-8-5-3-2-4-6-8;1-2;/h2-6H,7H2,1H3,(H,10,11);1-2H3;1H. The molecule has 1 amide bonds. The number of hydrogen-bond donors (Lipinski definition) is 1. The first-order chi connectivity index (χ1) is 6.83. The van der Waals surface area contributed by atoms with Gasteiger partial charge in [-0.15, -0.1) is 0 Å². The molecular weight excluding hydrogens is 178 g/mol. The van der Waals surface area contributed by atoms with Crippen molar-refractivity contribution in [1.82, 2.24) is 5.32 Å². The van der Waals surface area contributed by atoms with Crippen LogP contribution in [0.5, 0.6) is 5.75 Å². The number of para-hydroxylation sites is 1. The van der Waals surface area contributed by atoms with Crippen molar-refractivity contribution in [3.8, 4) is 5.75 Å². The Hall–Kier alpha value is -1.51. The number of ether oxygens (including phenoxy) is 1. The number of rotatable bonds is 3. The Kier molecular flexibility index (Phi) is 7.23. The van der Waals surface area contributed by atoms with Crippen LogP contribution in [0.4, 0.5) is 0 Å². The Balaban J connectivity index is 0. The van der Waals surface area contributed by atoms with Gasteiger partial charge in [0.15, 0.2) is 6.61 Å². The van der Waals surface area contributed by atoms with Gasteiger partial charge in [0.25, 0.3) is 5.91 Å². The smallest absolute Gasteiger partial charge is 0.257 e. The number of benzene rings is 1. The second-order valence-electron chi connectivity index (χ2n) is 2.27. The first-order valence-electron chi connectivity index (χ1n) is 4.71. The Morgan fingerprint density at radius 1 is 1.36 bits per heavy atom. The minimum atomic E-state index is -0.126. The molecular formula is C11H19NO2. The van der Waals surface area contributed by atoms with Crippen LogP contribution in [0.2, 0.25) is 0 Å². The molecule has 0 bridgehead atoms. The summed E-state index contributed by atoms with van der Waals surface area (Å²) in [6.45, 7) is 4.07. The molecule has 0 saturated heterocycles. The van der Waals surface area contributed by atoms with E-state index in [2.05, 4.69) is 5.32 Å². The zero-order chi connectivity index (χ0) is 10.8. The number of nitrogens with one attached hydrogen (secondary N) is 1. The molecule has 3 heteroatoms. The van der Waals surface area contributed by atoms with Gasteiger partial charge in [-0.2, -0.15) is 0 Å². The number of hydrogen-bond acceptors (Lipinski definition) is 2. The molecule has 0 aliphatic carbocycles. The zero-order valence-electron chi connectivity index (χ0n) is 8.91. The van der Waals surface area contributed by atoms with Gasteiger partial charge in [-0.05, 0) is 12.1 Å². The highest BCUT2D eigenvalue weighted by Crippen LogP contribution is 2.07. The number of carbonyl (C=O) groups is 1. The third-order valence-electron chi connectivity index (χ3n) is 1.39. The van der Waals surface area contributed by atoms with Crippen LogP contribution < -0.4 is 10.1 Å². The molecule has 0 atom stereocenters. The van der Waals surface area contributed by atoms with Crippen LogP contribution in [0.15, 0.2) is 30.3 Å². The molecule has 1 aromatic rings. The van der Waals surface area contributed by atoms with Crippen LogP contribution in [0, 0.1) is 0 Å². The molecule has 1 rings (SSSR count). The molecule has 1 N–H and O–H groups in total. The topological polar surface area (TPSA) is 38.3 Å². The van der Waals surface area contributed by atoms with E-state index in [9.17, 15) is 4.79 Å². The van der Waals surface area contributed by atoms with Gasteiger partial charge >= 0.3 is 0 Å². The summed E-state index contributed by atoms with van der Waals surface area (Å²) in [6.07, 6.45) is 0. The quantitative estimate of drug-likeness (QED) is 0.805. The predicted molar refractivity (Wildman–Crippen MR) is 59.5 cm³/mol. The van der Waals surface area contributed by atoms with Crippen LogP contribution in [-0.4, -0.2) is 19.6 Å². The Morgan fingerprint density at radius 2 is 1.93 bits per heavy atom. The fraction of sp³-hybridized carbons (Fsp3) is 0.364. The first kappa shape index (κ1) is 12.5. The van der Waals surface area contributed by atoms with Gasteiger partial charge in [0.2, 0.25) is 0 Å². The molecule has 3 nitrogen and oxygen atoms in total. The van der Waals surface area contributed by atoms with Crippen LogP contribution >= 0.6 is 0 Å². The summed E-state index contributed by atoms with van der Waals surface area (Å²) in [4.78, 5) is 10.7. The van der Waals surface area contributed by atoms with Gasteiger partial charge in [0, 0.05) is 8.47 Å². The van der Waals surface area contributed by atoms with Crippen molar-refractivity contribution in [3.05, 3.63) is 30.3 Å². The summed E-state index contributed by atoms with van der Waals surface area (Å²) in [5.74, 6) is 0.583. The van der Waals surface area contributed by atoms with E-state index < -0.39 is 0 Å². The average molecular weight is 197 g/mol. The fourth-order valence-electron chi connectivity index (χ4n) is 0.738. The van der Waals surface area contributed by atoms with E-state index in [0.29, 0.717) is 5.75 Å². The van der Waals surface area contributed by atoms with Crippen molar-refractivity contribution >= 4 is 5.91 Å². The van der Waals surface area contributed by atoms with Gasteiger partial charge in [-0.1, -0.05) is 32.0 Å². The molecule has 0 fully saturated rings. The first-order valence-corrected chi connectivity index (χ1v) is 4.71.